The van der Waals surface area contributed by atoms with Gasteiger partial charge in [0.05, 0.1) is 16.8 Å². The zero-order valence-corrected chi connectivity index (χ0v) is 14.0. The zero-order valence-electron chi connectivity index (χ0n) is 13.3. The molecule has 0 bridgehead atoms. The standard InChI is InChI=1S/C19H18ClN3O/c1-11-9-14-12-5-2-3-8-16(12)23-19(14)18(22-11)13-6-4-7-15(20)17(13)21-10-24/h2-8,10-11,18,22-23H,9H2,1H3,(H,21,24). The third-order valence-electron chi connectivity index (χ3n) is 4.66. The molecule has 3 N–H and O–H groups in total. The van der Waals surface area contributed by atoms with E-state index < -0.39 is 0 Å². The van der Waals surface area contributed by atoms with E-state index in [2.05, 4.69) is 40.7 Å². The topological polar surface area (TPSA) is 56.9 Å². The van der Waals surface area contributed by atoms with E-state index in [0.29, 0.717) is 23.2 Å². The number of para-hydroxylation sites is 2. The van der Waals surface area contributed by atoms with Gasteiger partial charge in [-0.05, 0) is 31.0 Å². The maximum absolute atomic E-state index is 11.0. The van der Waals surface area contributed by atoms with E-state index in [1.54, 1.807) is 6.07 Å². The van der Waals surface area contributed by atoms with Crippen molar-refractivity contribution in [2.45, 2.75) is 25.4 Å². The Balaban J connectivity index is 1.92. The van der Waals surface area contributed by atoms with Crippen molar-refractivity contribution >= 4 is 34.6 Å². The fourth-order valence-electron chi connectivity index (χ4n) is 3.66. The Labute approximate surface area is 145 Å². The summed E-state index contributed by atoms with van der Waals surface area (Å²) in [6.07, 6.45) is 1.63. The zero-order chi connectivity index (χ0) is 16.7. The average Bonchev–Trinajstić information content (AvgIpc) is 2.95. The van der Waals surface area contributed by atoms with Crippen LogP contribution in [0.5, 0.6) is 0 Å². The molecule has 1 aliphatic heterocycles. The number of aromatic nitrogens is 1. The Morgan fingerprint density at radius 2 is 2.04 bits per heavy atom. The minimum atomic E-state index is -0.0442. The van der Waals surface area contributed by atoms with Gasteiger partial charge in [0.25, 0.3) is 0 Å². The Morgan fingerprint density at radius 3 is 2.88 bits per heavy atom. The van der Waals surface area contributed by atoms with Crippen LogP contribution in [0.15, 0.2) is 42.5 Å². The van der Waals surface area contributed by atoms with Gasteiger partial charge in [0, 0.05) is 28.2 Å². The van der Waals surface area contributed by atoms with Crippen LogP contribution in [0.4, 0.5) is 5.69 Å². The van der Waals surface area contributed by atoms with E-state index in [4.69, 9.17) is 11.6 Å². The second-order valence-electron chi connectivity index (χ2n) is 6.23. The number of hydrogen-bond acceptors (Lipinski definition) is 2. The van der Waals surface area contributed by atoms with Crippen molar-refractivity contribution in [3.63, 3.8) is 0 Å². The lowest BCUT2D eigenvalue weighted by molar-refractivity contribution is -0.105. The minimum absolute atomic E-state index is 0.0442. The van der Waals surface area contributed by atoms with Gasteiger partial charge in [0.2, 0.25) is 6.41 Å². The molecule has 24 heavy (non-hydrogen) atoms. The van der Waals surface area contributed by atoms with Crippen molar-refractivity contribution in [1.29, 1.82) is 0 Å². The Kier molecular flexibility index (Phi) is 3.79. The highest BCUT2D eigenvalue weighted by molar-refractivity contribution is 6.33. The number of hydrogen-bond donors (Lipinski definition) is 3. The van der Waals surface area contributed by atoms with Gasteiger partial charge in [0.15, 0.2) is 0 Å². The van der Waals surface area contributed by atoms with Crippen LogP contribution >= 0.6 is 11.6 Å². The SMILES string of the molecule is CC1Cc2c([nH]c3ccccc23)C(c2cccc(Cl)c2NC=O)N1. The van der Waals surface area contributed by atoms with E-state index >= 15 is 0 Å². The van der Waals surface area contributed by atoms with Crippen molar-refractivity contribution in [1.82, 2.24) is 10.3 Å². The van der Waals surface area contributed by atoms with Crippen molar-refractivity contribution in [3.05, 3.63) is 64.3 Å². The molecular weight excluding hydrogens is 322 g/mol. The Morgan fingerprint density at radius 1 is 1.21 bits per heavy atom. The van der Waals surface area contributed by atoms with Gasteiger partial charge in [-0.15, -0.1) is 0 Å². The Hall–Kier alpha value is -2.30. The van der Waals surface area contributed by atoms with E-state index in [-0.39, 0.29) is 6.04 Å². The molecule has 0 saturated carbocycles. The quantitative estimate of drug-likeness (QED) is 0.631. The molecule has 0 saturated heterocycles. The van der Waals surface area contributed by atoms with Crippen molar-refractivity contribution in [2.24, 2.45) is 0 Å². The molecule has 5 heteroatoms. The molecule has 3 aromatic rings. The summed E-state index contributed by atoms with van der Waals surface area (Å²) in [7, 11) is 0. The van der Waals surface area contributed by atoms with Crippen molar-refractivity contribution < 1.29 is 4.79 Å². The molecule has 1 aliphatic rings. The number of carbonyl (C=O) groups is 1. The molecule has 4 nitrogen and oxygen atoms in total. The molecule has 0 spiro atoms. The van der Waals surface area contributed by atoms with E-state index in [0.717, 1.165) is 23.2 Å². The van der Waals surface area contributed by atoms with E-state index in [1.165, 1.54) is 10.9 Å². The molecule has 2 unspecified atom stereocenters. The summed E-state index contributed by atoms with van der Waals surface area (Å²) in [6.45, 7) is 2.18. The second-order valence-corrected chi connectivity index (χ2v) is 6.64. The first-order chi connectivity index (χ1) is 11.7. The highest BCUT2D eigenvalue weighted by atomic mass is 35.5. The van der Waals surface area contributed by atoms with Gasteiger partial charge in [-0.2, -0.15) is 0 Å². The predicted octanol–water partition coefficient (Wildman–Crippen LogP) is 4.01. The van der Waals surface area contributed by atoms with Crippen molar-refractivity contribution in [3.8, 4) is 0 Å². The highest BCUT2D eigenvalue weighted by Gasteiger charge is 2.30. The lowest BCUT2D eigenvalue weighted by Gasteiger charge is -2.31. The largest absolute Gasteiger partial charge is 0.357 e. The van der Waals surface area contributed by atoms with Crippen LogP contribution < -0.4 is 10.6 Å². The summed E-state index contributed by atoms with van der Waals surface area (Å²) in [5, 5.41) is 8.19. The van der Waals surface area contributed by atoms with Gasteiger partial charge in [-0.1, -0.05) is 41.9 Å². The fraction of sp³-hybridized carbons (Fsp3) is 0.211. The lowest BCUT2D eigenvalue weighted by Crippen LogP contribution is -2.38. The number of benzene rings is 2. The first-order valence-corrected chi connectivity index (χ1v) is 8.41. The molecule has 4 rings (SSSR count). The number of fused-ring (bicyclic) bond motifs is 3. The smallest absolute Gasteiger partial charge is 0.211 e. The number of amides is 1. The predicted molar refractivity (Wildman–Crippen MR) is 97.6 cm³/mol. The van der Waals surface area contributed by atoms with Crippen LogP contribution in [-0.4, -0.2) is 17.4 Å². The van der Waals surface area contributed by atoms with Crippen molar-refractivity contribution in [2.75, 3.05) is 5.32 Å². The maximum atomic E-state index is 11.0. The van der Waals surface area contributed by atoms with Gasteiger partial charge in [-0.3, -0.25) is 4.79 Å². The van der Waals surface area contributed by atoms with Crippen LogP contribution in [0.3, 0.4) is 0 Å². The van der Waals surface area contributed by atoms with Crippen LogP contribution in [0.25, 0.3) is 10.9 Å². The molecule has 0 aliphatic carbocycles. The molecular formula is C19H18ClN3O. The first kappa shape index (κ1) is 15.2. The average molecular weight is 340 g/mol. The monoisotopic (exact) mass is 339 g/mol. The number of carbonyl (C=O) groups excluding carboxylic acids is 1. The van der Waals surface area contributed by atoms with E-state index in [9.17, 15) is 4.79 Å². The van der Waals surface area contributed by atoms with Gasteiger partial charge >= 0.3 is 0 Å². The van der Waals surface area contributed by atoms with Gasteiger partial charge in [-0.25, -0.2) is 0 Å². The molecule has 0 fully saturated rings. The highest BCUT2D eigenvalue weighted by Crippen LogP contribution is 2.39. The van der Waals surface area contributed by atoms with E-state index in [1.807, 2.05) is 18.2 Å². The number of H-pyrrole nitrogens is 1. The number of nitrogens with one attached hydrogen (secondary N) is 3. The summed E-state index contributed by atoms with van der Waals surface area (Å²) in [6, 6.07) is 14.3. The first-order valence-electron chi connectivity index (χ1n) is 8.03. The van der Waals surface area contributed by atoms with Gasteiger partial charge in [0.1, 0.15) is 0 Å². The normalized spacial score (nSPS) is 19.9. The molecule has 2 aromatic carbocycles. The molecule has 1 aromatic heterocycles. The number of halogens is 1. The van der Waals surface area contributed by atoms with Crippen LogP contribution in [-0.2, 0) is 11.2 Å². The maximum Gasteiger partial charge on any atom is 0.211 e. The summed E-state index contributed by atoms with van der Waals surface area (Å²) >= 11 is 6.31. The minimum Gasteiger partial charge on any atom is -0.357 e. The molecule has 1 amide bonds. The van der Waals surface area contributed by atoms with Crippen LogP contribution in [0, 0.1) is 0 Å². The summed E-state index contributed by atoms with van der Waals surface area (Å²) < 4.78 is 0. The summed E-state index contributed by atoms with van der Waals surface area (Å²) in [4.78, 5) is 14.6. The van der Waals surface area contributed by atoms with Crippen LogP contribution in [0.2, 0.25) is 5.02 Å². The lowest BCUT2D eigenvalue weighted by atomic mass is 9.90. The third kappa shape index (κ3) is 2.39. The third-order valence-corrected chi connectivity index (χ3v) is 4.97. The fourth-order valence-corrected chi connectivity index (χ4v) is 3.89. The molecule has 0 radical (unpaired) electrons. The summed E-state index contributed by atoms with van der Waals surface area (Å²) in [5.74, 6) is 0. The second kappa shape index (κ2) is 5.96. The van der Waals surface area contributed by atoms with Crippen LogP contribution in [0.1, 0.15) is 29.8 Å². The molecule has 2 atom stereocenters. The molecule has 2 heterocycles. The van der Waals surface area contributed by atoms with Gasteiger partial charge < -0.3 is 15.6 Å². The number of aromatic amines is 1. The molecule has 122 valence electrons. The number of rotatable bonds is 3. The Bertz CT molecular complexity index is 918. The summed E-state index contributed by atoms with van der Waals surface area (Å²) in [5.41, 5.74) is 5.24. The number of anilines is 1.